The van der Waals surface area contributed by atoms with Crippen LogP contribution < -0.4 is 11.1 Å². The first kappa shape index (κ1) is 18.4. The lowest BCUT2D eigenvalue weighted by atomic mass is 9.50. The normalized spacial score (nSPS) is 25.4. The van der Waals surface area contributed by atoms with Crippen LogP contribution in [0.15, 0.2) is 30.6 Å². The van der Waals surface area contributed by atoms with Gasteiger partial charge in [-0.1, -0.05) is 11.6 Å². The van der Waals surface area contributed by atoms with Gasteiger partial charge in [-0.15, -0.1) is 11.3 Å². The summed E-state index contributed by atoms with van der Waals surface area (Å²) in [5.74, 6) is -0.488. The smallest absolute Gasteiger partial charge is 0.270 e. The zero-order chi connectivity index (χ0) is 20.2. The van der Waals surface area contributed by atoms with Crippen molar-refractivity contribution in [3.05, 3.63) is 52.0 Å². The molecular formula is C20H18ClN5O2S. The number of hydrogen-bond donors (Lipinski definition) is 2. The summed E-state index contributed by atoms with van der Waals surface area (Å²) in [6.45, 7) is 0. The summed E-state index contributed by atoms with van der Waals surface area (Å²) in [6.07, 6.45) is 5.30. The minimum absolute atomic E-state index is 0.0363. The first-order chi connectivity index (χ1) is 13.9. The maximum atomic E-state index is 12.4. The molecule has 29 heavy (non-hydrogen) atoms. The molecule has 7 nitrogen and oxygen atoms in total. The Kier molecular flexibility index (Phi) is 4.29. The maximum Gasteiger partial charge on any atom is 0.270 e. The van der Waals surface area contributed by atoms with Gasteiger partial charge >= 0.3 is 0 Å². The van der Waals surface area contributed by atoms with Gasteiger partial charge in [-0.25, -0.2) is 15.0 Å². The van der Waals surface area contributed by atoms with Crippen LogP contribution in [0.2, 0.25) is 5.02 Å². The summed E-state index contributed by atoms with van der Waals surface area (Å²) >= 11 is 7.80. The monoisotopic (exact) mass is 427 g/mol. The van der Waals surface area contributed by atoms with Gasteiger partial charge in [0.1, 0.15) is 17.7 Å². The van der Waals surface area contributed by atoms with E-state index in [1.54, 1.807) is 11.3 Å². The van der Waals surface area contributed by atoms with E-state index in [1.807, 2.05) is 18.2 Å². The second-order valence-corrected chi connectivity index (χ2v) is 9.50. The Labute approximate surface area is 175 Å². The lowest BCUT2D eigenvalue weighted by Crippen LogP contribution is -2.55. The van der Waals surface area contributed by atoms with Crippen molar-refractivity contribution in [1.29, 1.82) is 0 Å². The van der Waals surface area contributed by atoms with Crippen LogP contribution >= 0.6 is 22.9 Å². The van der Waals surface area contributed by atoms with E-state index < -0.39 is 5.91 Å². The molecule has 3 aromatic rings. The number of aromatic nitrogens is 3. The van der Waals surface area contributed by atoms with Crippen LogP contribution in [-0.4, -0.2) is 32.8 Å². The number of amides is 2. The molecule has 0 atom stereocenters. The van der Waals surface area contributed by atoms with Gasteiger partial charge in [-0.3, -0.25) is 9.59 Å². The average Bonchev–Trinajstić information content (AvgIpc) is 3.04. The van der Waals surface area contributed by atoms with Crippen LogP contribution in [0, 0.1) is 5.41 Å². The first-order valence-electron chi connectivity index (χ1n) is 9.39. The lowest BCUT2D eigenvalue weighted by Gasteiger charge is -2.57. The number of primary amides is 1. The highest BCUT2D eigenvalue weighted by Crippen LogP contribution is 2.62. The molecular weight excluding hydrogens is 410 g/mol. The van der Waals surface area contributed by atoms with E-state index in [1.165, 1.54) is 22.1 Å². The third kappa shape index (κ3) is 3.36. The zero-order valence-corrected chi connectivity index (χ0v) is 17.0. The van der Waals surface area contributed by atoms with Crippen molar-refractivity contribution >= 4 is 45.0 Å². The molecule has 2 aliphatic carbocycles. The van der Waals surface area contributed by atoms with Gasteiger partial charge in [-0.05, 0) is 49.3 Å². The predicted octanol–water partition coefficient (Wildman–Crippen LogP) is 3.29. The van der Waals surface area contributed by atoms with Crippen LogP contribution in [-0.2, 0) is 0 Å². The minimum Gasteiger partial charge on any atom is -0.364 e. The van der Waals surface area contributed by atoms with Crippen molar-refractivity contribution in [1.82, 2.24) is 20.3 Å². The number of benzene rings is 1. The second-order valence-electron chi connectivity index (χ2n) is 8.00. The third-order valence-corrected chi connectivity index (χ3v) is 7.35. The average molecular weight is 428 g/mol. The number of nitrogens with one attached hydrogen (secondary N) is 1. The molecule has 148 valence electrons. The summed E-state index contributed by atoms with van der Waals surface area (Å²) in [4.78, 5) is 36.0. The standard InChI is InChI=1S/C20H18ClN5O2S/c21-11-1-2-16-13(3-11)26-19(29-16)10-5-20(6-10)7-12(8-20)25-18(28)15-4-14(17(22)27)23-9-24-15/h1-4,9-10,12H,5-8H2,(H2,22,27)(H,25,28). The van der Waals surface area contributed by atoms with Crippen LogP contribution in [0.3, 0.4) is 0 Å². The Morgan fingerprint density at radius 2 is 1.90 bits per heavy atom. The Morgan fingerprint density at radius 1 is 1.14 bits per heavy atom. The highest BCUT2D eigenvalue weighted by atomic mass is 35.5. The summed E-state index contributed by atoms with van der Waals surface area (Å²) in [7, 11) is 0. The molecule has 2 fully saturated rings. The molecule has 2 aromatic heterocycles. The molecule has 1 spiro atoms. The molecule has 0 aliphatic heterocycles. The van der Waals surface area contributed by atoms with Crippen molar-refractivity contribution < 1.29 is 9.59 Å². The summed E-state index contributed by atoms with van der Waals surface area (Å²) in [5, 5.41) is 4.89. The molecule has 2 saturated carbocycles. The quantitative estimate of drug-likeness (QED) is 0.663. The molecule has 0 saturated heterocycles. The van der Waals surface area contributed by atoms with E-state index in [0.29, 0.717) is 16.4 Å². The van der Waals surface area contributed by atoms with Gasteiger partial charge in [-0.2, -0.15) is 0 Å². The number of thiazole rings is 1. The van der Waals surface area contributed by atoms with Gasteiger partial charge in [0.15, 0.2) is 0 Å². The SMILES string of the molecule is NC(=O)c1cc(C(=O)NC2CC3(C2)CC(c2nc4cc(Cl)ccc4s2)C3)ncn1. The molecule has 0 radical (unpaired) electrons. The fraction of sp³-hybridized carbons (Fsp3) is 0.350. The van der Waals surface area contributed by atoms with E-state index in [9.17, 15) is 9.59 Å². The number of rotatable bonds is 4. The molecule has 2 amide bonds. The van der Waals surface area contributed by atoms with Crippen LogP contribution in [0.25, 0.3) is 10.2 Å². The van der Waals surface area contributed by atoms with Crippen molar-refractivity contribution in [2.24, 2.45) is 11.1 Å². The number of carbonyl (C=O) groups excluding carboxylic acids is 2. The molecule has 5 rings (SSSR count). The summed E-state index contributed by atoms with van der Waals surface area (Å²) in [5.41, 5.74) is 6.68. The number of carbonyl (C=O) groups is 2. The van der Waals surface area contributed by atoms with E-state index in [2.05, 4.69) is 15.3 Å². The van der Waals surface area contributed by atoms with Gasteiger partial charge in [0, 0.05) is 23.0 Å². The first-order valence-corrected chi connectivity index (χ1v) is 10.6. The minimum atomic E-state index is -0.679. The molecule has 9 heteroatoms. The van der Waals surface area contributed by atoms with Crippen molar-refractivity contribution in [2.75, 3.05) is 0 Å². The molecule has 2 heterocycles. The molecule has 0 unspecified atom stereocenters. The summed E-state index contributed by atoms with van der Waals surface area (Å²) in [6, 6.07) is 7.29. The van der Waals surface area contributed by atoms with E-state index in [-0.39, 0.29) is 23.3 Å². The molecule has 2 aliphatic rings. The Bertz CT molecular complexity index is 1130. The Morgan fingerprint density at radius 3 is 2.66 bits per heavy atom. The van der Waals surface area contributed by atoms with Crippen LogP contribution in [0.1, 0.15) is 57.6 Å². The zero-order valence-electron chi connectivity index (χ0n) is 15.4. The van der Waals surface area contributed by atoms with Gasteiger partial charge in [0.25, 0.3) is 11.8 Å². The fourth-order valence-electron chi connectivity index (χ4n) is 4.55. The maximum absolute atomic E-state index is 12.4. The molecule has 1 aromatic carbocycles. The van der Waals surface area contributed by atoms with E-state index >= 15 is 0 Å². The molecule has 0 bridgehead atoms. The number of fused-ring (bicyclic) bond motifs is 1. The number of nitrogens with two attached hydrogens (primary N) is 1. The van der Waals surface area contributed by atoms with E-state index in [4.69, 9.17) is 22.3 Å². The van der Waals surface area contributed by atoms with Crippen molar-refractivity contribution in [2.45, 2.75) is 37.6 Å². The number of nitrogens with zero attached hydrogens (tertiary/aromatic N) is 3. The summed E-state index contributed by atoms with van der Waals surface area (Å²) < 4.78 is 1.17. The van der Waals surface area contributed by atoms with Crippen LogP contribution in [0.4, 0.5) is 0 Å². The number of halogens is 1. The van der Waals surface area contributed by atoms with Gasteiger partial charge in [0.2, 0.25) is 0 Å². The van der Waals surface area contributed by atoms with Crippen molar-refractivity contribution in [3.8, 4) is 0 Å². The number of hydrogen-bond acceptors (Lipinski definition) is 6. The molecule has 3 N–H and O–H groups in total. The highest BCUT2D eigenvalue weighted by Gasteiger charge is 2.54. The van der Waals surface area contributed by atoms with Crippen LogP contribution in [0.5, 0.6) is 0 Å². The second kappa shape index (κ2) is 6.74. The fourth-order valence-corrected chi connectivity index (χ4v) is 5.76. The van der Waals surface area contributed by atoms with Gasteiger partial charge in [0.05, 0.1) is 15.2 Å². The van der Waals surface area contributed by atoms with E-state index in [0.717, 1.165) is 31.2 Å². The third-order valence-electron chi connectivity index (χ3n) is 5.92. The largest absolute Gasteiger partial charge is 0.364 e. The Hall–Kier alpha value is -2.58. The predicted molar refractivity (Wildman–Crippen MR) is 110 cm³/mol. The Balaban J connectivity index is 1.17. The van der Waals surface area contributed by atoms with Gasteiger partial charge < -0.3 is 11.1 Å². The topological polar surface area (TPSA) is 111 Å². The highest BCUT2D eigenvalue weighted by molar-refractivity contribution is 7.18. The van der Waals surface area contributed by atoms with Crippen molar-refractivity contribution in [3.63, 3.8) is 0 Å². The lowest BCUT2D eigenvalue weighted by molar-refractivity contribution is -0.0188.